The molecule has 2 unspecified atom stereocenters. The number of hydrogen-bond donors (Lipinski definition) is 1. The van der Waals surface area contributed by atoms with E-state index in [4.69, 9.17) is 0 Å². The quantitative estimate of drug-likeness (QED) is 0.891. The second-order valence-electron chi connectivity index (χ2n) is 7.55. The Morgan fingerprint density at radius 3 is 2.62 bits per heavy atom. The Morgan fingerprint density at radius 2 is 2.00 bits per heavy atom. The first-order chi connectivity index (χ1) is 9.76. The molecule has 2 atom stereocenters. The maximum atomic E-state index is 13.6. The average Bonchev–Trinajstić information content (AvgIpc) is 2.36. The van der Waals surface area contributed by atoms with Crippen LogP contribution >= 0.6 is 0 Å². The molecule has 0 spiro atoms. The SMILES string of the molecule is CC1CCN(c2ccc(F)cc2CNC(C)(C)C)C(C)C1. The van der Waals surface area contributed by atoms with Crippen molar-refractivity contribution in [3.05, 3.63) is 29.6 Å². The summed E-state index contributed by atoms with van der Waals surface area (Å²) in [5, 5.41) is 3.48. The lowest BCUT2D eigenvalue weighted by molar-refractivity contribution is 0.376. The van der Waals surface area contributed by atoms with Crippen LogP contribution in [0.5, 0.6) is 0 Å². The van der Waals surface area contributed by atoms with Crippen molar-refractivity contribution in [1.82, 2.24) is 5.32 Å². The number of nitrogens with zero attached hydrogens (tertiary/aromatic N) is 1. The minimum absolute atomic E-state index is 0.0333. The van der Waals surface area contributed by atoms with Gasteiger partial charge in [-0.05, 0) is 70.2 Å². The Bertz CT molecular complexity index is 479. The predicted octanol–water partition coefficient (Wildman–Crippen LogP) is 4.34. The van der Waals surface area contributed by atoms with E-state index in [1.807, 2.05) is 6.07 Å². The van der Waals surface area contributed by atoms with Crippen molar-refractivity contribution in [1.29, 1.82) is 0 Å². The van der Waals surface area contributed by atoms with E-state index in [0.717, 1.165) is 18.0 Å². The van der Waals surface area contributed by atoms with Gasteiger partial charge < -0.3 is 10.2 Å². The number of piperidine rings is 1. The smallest absolute Gasteiger partial charge is 0.123 e. The maximum Gasteiger partial charge on any atom is 0.123 e. The Kier molecular flexibility index (Phi) is 4.92. The fraction of sp³-hybridized carbons (Fsp3) is 0.667. The van der Waals surface area contributed by atoms with Crippen LogP contribution in [0.3, 0.4) is 0 Å². The van der Waals surface area contributed by atoms with E-state index in [-0.39, 0.29) is 11.4 Å². The van der Waals surface area contributed by atoms with Gasteiger partial charge in [0.15, 0.2) is 0 Å². The van der Waals surface area contributed by atoms with Gasteiger partial charge in [0.25, 0.3) is 0 Å². The third-order valence-corrected chi connectivity index (χ3v) is 4.30. The molecule has 0 saturated carbocycles. The van der Waals surface area contributed by atoms with Crippen LogP contribution in [0.25, 0.3) is 0 Å². The van der Waals surface area contributed by atoms with Gasteiger partial charge in [-0.3, -0.25) is 0 Å². The molecule has 1 aromatic carbocycles. The summed E-state index contributed by atoms with van der Waals surface area (Å²) in [6, 6.07) is 5.73. The molecular weight excluding hydrogens is 263 g/mol. The van der Waals surface area contributed by atoms with Gasteiger partial charge in [-0.15, -0.1) is 0 Å². The molecule has 1 fully saturated rings. The lowest BCUT2D eigenvalue weighted by Crippen LogP contribution is -2.41. The largest absolute Gasteiger partial charge is 0.369 e. The van der Waals surface area contributed by atoms with E-state index in [1.54, 1.807) is 12.1 Å². The van der Waals surface area contributed by atoms with E-state index in [9.17, 15) is 4.39 Å². The zero-order valence-electron chi connectivity index (χ0n) is 14.0. The third kappa shape index (κ3) is 4.44. The highest BCUT2D eigenvalue weighted by molar-refractivity contribution is 5.55. The van der Waals surface area contributed by atoms with E-state index < -0.39 is 0 Å². The number of halogens is 1. The third-order valence-electron chi connectivity index (χ3n) is 4.30. The number of benzene rings is 1. The van der Waals surface area contributed by atoms with Crippen LogP contribution in [0.4, 0.5) is 10.1 Å². The monoisotopic (exact) mass is 292 g/mol. The zero-order chi connectivity index (χ0) is 15.6. The molecule has 0 amide bonds. The minimum Gasteiger partial charge on any atom is -0.369 e. The molecule has 118 valence electrons. The van der Waals surface area contributed by atoms with Crippen molar-refractivity contribution >= 4 is 5.69 Å². The highest BCUT2D eigenvalue weighted by Gasteiger charge is 2.25. The standard InChI is InChI=1S/C18H29FN2/c1-13-8-9-21(14(2)10-13)17-7-6-16(19)11-15(17)12-20-18(3,4)5/h6-7,11,13-14,20H,8-10,12H2,1-5H3. The van der Waals surface area contributed by atoms with Crippen LogP contribution in [-0.2, 0) is 6.54 Å². The van der Waals surface area contributed by atoms with E-state index >= 15 is 0 Å². The predicted molar refractivity (Wildman–Crippen MR) is 88.2 cm³/mol. The summed E-state index contributed by atoms with van der Waals surface area (Å²) in [7, 11) is 0. The summed E-state index contributed by atoms with van der Waals surface area (Å²) in [6.45, 7) is 12.8. The fourth-order valence-electron chi connectivity index (χ4n) is 3.10. The van der Waals surface area contributed by atoms with Crippen molar-refractivity contribution in [3.8, 4) is 0 Å². The molecule has 2 nitrogen and oxygen atoms in total. The molecule has 3 heteroatoms. The molecule has 1 aliphatic heterocycles. The lowest BCUT2D eigenvalue weighted by atomic mass is 9.92. The van der Waals surface area contributed by atoms with Gasteiger partial charge in [0, 0.05) is 30.4 Å². The van der Waals surface area contributed by atoms with Crippen molar-refractivity contribution < 1.29 is 4.39 Å². The van der Waals surface area contributed by atoms with Gasteiger partial charge in [-0.25, -0.2) is 4.39 Å². The highest BCUT2D eigenvalue weighted by Crippen LogP contribution is 2.31. The molecule has 1 heterocycles. The first kappa shape index (κ1) is 16.3. The topological polar surface area (TPSA) is 15.3 Å². The van der Waals surface area contributed by atoms with Crippen molar-refractivity contribution in [2.24, 2.45) is 5.92 Å². The van der Waals surface area contributed by atoms with Gasteiger partial charge >= 0.3 is 0 Å². The summed E-state index contributed by atoms with van der Waals surface area (Å²) in [5.74, 6) is 0.635. The molecule has 0 aliphatic carbocycles. The average molecular weight is 292 g/mol. The maximum absolute atomic E-state index is 13.6. The number of nitrogens with one attached hydrogen (secondary N) is 1. The first-order valence-corrected chi connectivity index (χ1v) is 8.06. The van der Waals surface area contributed by atoms with E-state index in [2.05, 4.69) is 44.8 Å². The van der Waals surface area contributed by atoms with Crippen molar-refractivity contribution in [2.45, 2.75) is 65.6 Å². The molecule has 2 rings (SSSR count). The van der Waals surface area contributed by atoms with Crippen LogP contribution in [-0.4, -0.2) is 18.1 Å². The first-order valence-electron chi connectivity index (χ1n) is 8.06. The highest BCUT2D eigenvalue weighted by atomic mass is 19.1. The summed E-state index contributed by atoms with van der Waals surface area (Å²) in [6.07, 6.45) is 2.43. The fourth-order valence-corrected chi connectivity index (χ4v) is 3.10. The second kappa shape index (κ2) is 6.35. The van der Waals surface area contributed by atoms with Crippen LogP contribution in [0, 0.1) is 11.7 Å². The summed E-state index contributed by atoms with van der Waals surface area (Å²) >= 11 is 0. The Balaban J connectivity index is 2.22. The van der Waals surface area contributed by atoms with Crippen molar-refractivity contribution in [3.63, 3.8) is 0 Å². The van der Waals surface area contributed by atoms with Crippen molar-refractivity contribution in [2.75, 3.05) is 11.4 Å². The van der Waals surface area contributed by atoms with E-state index in [0.29, 0.717) is 12.6 Å². The van der Waals surface area contributed by atoms with Crippen LogP contribution in [0.1, 0.15) is 53.0 Å². The normalized spacial score (nSPS) is 23.4. The van der Waals surface area contributed by atoms with Gasteiger partial charge in [0.1, 0.15) is 5.82 Å². The molecule has 0 bridgehead atoms. The number of anilines is 1. The minimum atomic E-state index is -0.150. The molecule has 0 aromatic heterocycles. The molecule has 1 N–H and O–H groups in total. The Morgan fingerprint density at radius 1 is 1.29 bits per heavy atom. The molecule has 0 radical (unpaired) electrons. The number of hydrogen-bond acceptors (Lipinski definition) is 2. The summed E-state index contributed by atoms with van der Waals surface area (Å²) in [4.78, 5) is 2.44. The zero-order valence-corrected chi connectivity index (χ0v) is 14.0. The number of rotatable bonds is 3. The molecule has 1 aliphatic rings. The van der Waals surface area contributed by atoms with Gasteiger partial charge in [0.2, 0.25) is 0 Å². The molecule has 21 heavy (non-hydrogen) atoms. The van der Waals surface area contributed by atoms with Crippen LogP contribution < -0.4 is 10.2 Å². The van der Waals surface area contributed by atoms with Crippen LogP contribution in [0.2, 0.25) is 0 Å². The van der Waals surface area contributed by atoms with Gasteiger partial charge in [0.05, 0.1) is 0 Å². The molecule has 1 aromatic rings. The lowest BCUT2D eigenvalue weighted by Gasteiger charge is -2.39. The Hall–Kier alpha value is -1.09. The van der Waals surface area contributed by atoms with Gasteiger partial charge in [-0.1, -0.05) is 6.92 Å². The van der Waals surface area contributed by atoms with E-state index in [1.165, 1.54) is 18.5 Å². The Labute approximate surface area is 128 Å². The summed E-state index contributed by atoms with van der Waals surface area (Å²) in [5.41, 5.74) is 2.28. The van der Waals surface area contributed by atoms with Gasteiger partial charge in [-0.2, -0.15) is 0 Å². The summed E-state index contributed by atoms with van der Waals surface area (Å²) < 4.78 is 13.6. The molecule has 1 saturated heterocycles. The van der Waals surface area contributed by atoms with Crippen LogP contribution in [0.15, 0.2) is 18.2 Å². The molecular formula is C18H29FN2. The second-order valence-corrected chi connectivity index (χ2v) is 7.55.